The molecular formula is CHAgIO3. The van der Waals surface area contributed by atoms with Gasteiger partial charge in [-0.2, -0.15) is 0 Å². The molecule has 0 aromatic carbocycles. The minimum absolute atomic E-state index is 0. The van der Waals surface area contributed by atoms with E-state index in [9.17, 15) is 0 Å². The van der Waals surface area contributed by atoms with Crippen LogP contribution in [0.2, 0.25) is 0 Å². The Kier molecular flexibility index (Phi) is 9.46. The van der Waals surface area contributed by atoms with Crippen LogP contribution < -0.4 is 0 Å². The van der Waals surface area contributed by atoms with E-state index in [1.165, 1.54) is 23.0 Å². The third-order valence-electron chi connectivity index (χ3n) is 0.0660. The molecule has 0 rings (SSSR count). The molecule has 6 heavy (non-hydrogen) atoms. The van der Waals surface area contributed by atoms with Gasteiger partial charge in [0.25, 0.3) is 0 Å². The van der Waals surface area contributed by atoms with Gasteiger partial charge in [-0.15, -0.1) is 0 Å². The molecule has 0 atom stereocenters. The van der Waals surface area contributed by atoms with Gasteiger partial charge in [-0.05, 0) is 0 Å². The summed E-state index contributed by atoms with van der Waals surface area (Å²) in [5.41, 5.74) is 0. The normalized spacial score (nSPS) is 5.50. The van der Waals surface area contributed by atoms with Crippen LogP contribution in [0.15, 0.2) is 0 Å². The van der Waals surface area contributed by atoms with Gasteiger partial charge in [-0.3, -0.25) is 0 Å². The molecule has 0 aliphatic carbocycles. The van der Waals surface area contributed by atoms with E-state index >= 15 is 0 Å². The molecule has 0 aliphatic rings. The molecule has 3 nitrogen and oxygen atoms in total. The second-order valence-electron chi connectivity index (χ2n) is 0.343. The van der Waals surface area contributed by atoms with E-state index < -0.39 is 6.16 Å². The van der Waals surface area contributed by atoms with E-state index in [1.807, 2.05) is 0 Å². The maximum absolute atomic E-state index is 9.14. The topological polar surface area (TPSA) is 46.5 Å². The molecule has 0 bridgehead atoms. The number of hydrogen-bond acceptors (Lipinski definition) is 2. The quantitative estimate of drug-likeness (QED) is 0.536. The zero-order chi connectivity index (χ0) is 4.28. The van der Waals surface area contributed by atoms with Gasteiger partial charge >= 0.3 is 6.16 Å². The number of rotatable bonds is 0. The SMILES string of the molecule is O=C(O)OI.[Ag]. The molecule has 1 radical (unpaired) electrons. The molecular weight excluding hydrogens is 295 g/mol. The van der Waals surface area contributed by atoms with Crippen molar-refractivity contribution in [3.8, 4) is 0 Å². The smallest absolute Gasteiger partial charge is 0.449 e. The summed E-state index contributed by atoms with van der Waals surface area (Å²) in [4.78, 5) is 9.14. The third-order valence-corrected chi connectivity index (χ3v) is 0.443. The van der Waals surface area contributed by atoms with Gasteiger partial charge in [0.1, 0.15) is 0 Å². The van der Waals surface area contributed by atoms with Crippen molar-refractivity contribution in [3.05, 3.63) is 0 Å². The van der Waals surface area contributed by atoms with Gasteiger partial charge in [-0.25, -0.2) is 4.79 Å². The molecule has 0 aliphatic heterocycles. The number of carboxylic acid groups (broad SMARTS) is 1. The van der Waals surface area contributed by atoms with E-state index in [0.717, 1.165) is 0 Å². The minimum atomic E-state index is -1.26. The molecule has 41 valence electrons. The van der Waals surface area contributed by atoms with Crippen LogP contribution in [-0.4, -0.2) is 11.3 Å². The molecule has 5 heteroatoms. The predicted octanol–water partition coefficient (Wildman–Crippen LogP) is 1.03. The molecule has 0 heterocycles. The molecule has 0 fully saturated rings. The van der Waals surface area contributed by atoms with Crippen molar-refractivity contribution in [2.24, 2.45) is 0 Å². The average Bonchev–Trinajstić information content (AvgIpc) is 1.38. The number of halogens is 1. The summed E-state index contributed by atoms with van der Waals surface area (Å²) >= 11 is 1.28. The van der Waals surface area contributed by atoms with E-state index in [2.05, 4.69) is 3.07 Å². The first-order chi connectivity index (χ1) is 2.27. The van der Waals surface area contributed by atoms with Gasteiger partial charge in [-0.1, -0.05) is 0 Å². The Labute approximate surface area is 64.3 Å². The van der Waals surface area contributed by atoms with Crippen LogP contribution in [-0.2, 0) is 25.4 Å². The molecule has 0 spiro atoms. The van der Waals surface area contributed by atoms with Crippen LogP contribution in [0.25, 0.3) is 0 Å². The van der Waals surface area contributed by atoms with Crippen LogP contribution in [0.3, 0.4) is 0 Å². The summed E-state index contributed by atoms with van der Waals surface area (Å²) in [5.74, 6) is 0. The molecule has 0 saturated heterocycles. The Balaban J connectivity index is 0. The molecule has 0 aromatic rings. The molecule has 0 aromatic heterocycles. The first-order valence-corrected chi connectivity index (χ1v) is 1.67. The van der Waals surface area contributed by atoms with Gasteiger partial charge in [0, 0.05) is 22.4 Å². The van der Waals surface area contributed by atoms with Crippen molar-refractivity contribution in [2.75, 3.05) is 0 Å². The van der Waals surface area contributed by atoms with Gasteiger partial charge < -0.3 is 8.17 Å². The Morgan fingerprint density at radius 2 is 2.00 bits per heavy atom. The Hall–Kier alpha value is 0.740. The Morgan fingerprint density at radius 1 is 1.83 bits per heavy atom. The first kappa shape index (κ1) is 9.88. The van der Waals surface area contributed by atoms with Crippen LogP contribution in [0.5, 0.6) is 0 Å². The fourth-order valence-corrected chi connectivity index (χ4v) is 0. The fraction of sp³-hybridized carbons (Fsp3) is 0. The molecule has 1 N–H and O–H groups in total. The van der Waals surface area contributed by atoms with E-state index in [0.29, 0.717) is 0 Å². The first-order valence-electron chi connectivity index (χ1n) is 0.786. The minimum Gasteiger partial charge on any atom is -0.449 e. The van der Waals surface area contributed by atoms with Crippen molar-refractivity contribution in [1.82, 2.24) is 0 Å². The zero-order valence-electron chi connectivity index (χ0n) is 2.44. The Morgan fingerprint density at radius 3 is 2.00 bits per heavy atom. The number of carbonyl (C=O) groups is 1. The molecule has 0 saturated carbocycles. The van der Waals surface area contributed by atoms with Gasteiger partial charge in [0.15, 0.2) is 23.0 Å². The summed E-state index contributed by atoms with van der Waals surface area (Å²) in [6.07, 6.45) is -1.26. The van der Waals surface area contributed by atoms with E-state index in [1.54, 1.807) is 0 Å². The fourth-order valence-electron chi connectivity index (χ4n) is 0. The van der Waals surface area contributed by atoms with Crippen LogP contribution in [0, 0.1) is 0 Å². The van der Waals surface area contributed by atoms with Crippen LogP contribution in [0.1, 0.15) is 0 Å². The van der Waals surface area contributed by atoms with Crippen molar-refractivity contribution >= 4 is 29.2 Å². The second-order valence-corrected chi connectivity index (χ2v) is 0.783. The maximum atomic E-state index is 9.14. The van der Waals surface area contributed by atoms with Crippen molar-refractivity contribution in [3.63, 3.8) is 0 Å². The zero-order valence-corrected chi connectivity index (χ0v) is 6.08. The van der Waals surface area contributed by atoms with Crippen molar-refractivity contribution in [1.29, 1.82) is 0 Å². The third kappa shape index (κ3) is 8.83. The van der Waals surface area contributed by atoms with Crippen LogP contribution in [0.4, 0.5) is 4.79 Å². The summed E-state index contributed by atoms with van der Waals surface area (Å²) in [6, 6.07) is 0. The maximum Gasteiger partial charge on any atom is 0.515 e. The molecule has 0 unspecified atom stereocenters. The summed E-state index contributed by atoms with van der Waals surface area (Å²) < 4.78 is 3.64. The van der Waals surface area contributed by atoms with Crippen LogP contribution >= 0.6 is 23.0 Å². The van der Waals surface area contributed by atoms with E-state index in [4.69, 9.17) is 9.90 Å². The summed E-state index contributed by atoms with van der Waals surface area (Å²) in [5, 5.41) is 7.49. The van der Waals surface area contributed by atoms with Gasteiger partial charge in [0.2, 0.25) is 0 Å². The largest absolute Gasteiger partial charge is 0.515 e. The van der Waals surface area contributed by atoms with E-state index in [-0.39, 0.29) is 22.4 Å². The summed E-state index contributed by atoms with van der Waals surface area (Å²) in [6.45, 7) is 0. The summed E-state index contributed by atoms with van der Waals surface area (Å²) in [7, 11) is 0. The van der Waals surface area contributed by atoms with Crippen molar-refractivity contribution < 1.29 is 35.3 Å². The molecule has 0 amide bonds. The monoisotopic (exact) mass is 295 g/mol. The predicted molar refractivity (Wildman–Crippen MR) is 23.1 cm³/mol. The second kappa shape index (κ2) is 5.74. The number of hydrogen-bond donors (Lipinski definition) is 1. The average molecular weight is 296 g/mol. The van der Waals surface area contributed by atoms with Gasteiger partial charge in [0.05, 0.1) is 0 Å². The standard InChI is InChI=1S/CHIO3.Ag/c2-5-1(3)4;/h(H,3,4);. The van der Waals surface area contributed by atoms with Crippen molar-refractivity contribution in [2.45, 2.75) is 0 Å². The Bertz CT molecular complexity index is 46.1.